The van der Waals surface area contributed by atoms with E-state index in [2.05, 4.69) is 31.2 Å². The first-order chi connectivity index (χ1) is 16.8. The third-order valence-electron chi connectivity index (χ3n) is 4.94. The van der Waals surface area contributed by atoms with Crippen molar-refractivity contribution >= 4 is 44.5 Å². The minimum atomic E-state index is -0.383. The van der Waals surface area contributed by atoms with Gasteiger partial charge >= 0.3 is 0 Å². The van der Waals surface area contributed by atoms with Crippen LogP contribution in [-0.4, -0.2) is 32.7 Å². The van der Waals surface area contributed by atoms with Gasteiger partial charge in [-0.2, -0.15) is 0 Å². The van der Waals surface area contributed by atoms with Gasteiger partial charge in [-0.15, -0.1) is 0 Å². The molecule has 0 aliphatic carbocycles. The summed E-state index contributed by atoms with van der Waals surface area (Å²) in [7, 11) is 0. The number of carbonyl (C=O) groups excluding carboxylic acids is 2. The number of nitrogens with one attached hydrogen (secondary N) is 1. The molecule has 10 heteroatoms. The van der Waals surface area contributed by atoms with E-state index in [1.165, 1.54) is 0 Å². The molecule has 35 heavy (non-hydrogen) atoms. The minimum absolute atomic E-state index is 0.135. The average molecular weight is 557 g/mol. The SMILES string of the molecule is C/C(C(=O)NCc1cnc(C)nc1N)=C(\CCO)SC(=O)c1ccccc1Oc1ccccc1Br. The van der Waals surface area contributed by atoms with E-state index in [9.17, 15) is 14.7 Å². The van der Waals surface area contributed by atoms with Gasteiger partial charge in [-0.25, -0.2) is 9.97 Å². The molecule has 1 amide bonds. The Hall–Kier alpha value is -3.21. The first-order valence-corrected chi connectivity index (χ1v) is 12.3. The molecule has 1 heterocycles. The van der Waals surface area contributed by atoms with Crippen LogP contribution < -0.4 is 15.8 Å². The molecule has 0 spiro atoms. The fourth-order valence-corrected chi connectivity index (χ4v) is 4.34. The molecule has 0 saturated carbocycles. The number of aromatic nitrogens is 2. The van der Waals surface area contributed by atoms with E-state index >= 15 is 0 Å². The Morgan fingerprint density at radius 3 is 2.51 bits per heavy atom. The number of halogens is 1. The van der Waals surface area contributed by atoms with Crippen molar-refractivity contribution in [1.29, 1.82) is 0 Å². The number of aryl methyl sites for hydroxylation is 1. The third kappa shape index (κ3) is 7.14. The number of hydrogen-bond acceptors (Lipinski definition) is 8. The lowest BCUT2D eigenvalue weighted by Crippen LogP contribution is -2.25. The molecule has 8 nitrogen and oxygen atoms in total. The zero-order chi connectivity index (χ0) is 25.4. The molecule has 0 saturated heterocycles. The van der Waals surface area contributed by atoms with Crippen LogP contribution in [0.25, 0.3) is 0 Å². The number of anilines is 1. The quantitative estimate of drug-likeness (QED) is 0.321. The minimum Gasteiger partial charge on any atom is -0.455 e. The summed E-state index contributed by atoms with van der Waals surface area (Å²) in [6.45, 7) is 3.26. The normalized spacial score (nSPS) is 11.5. The number of aliphatic hydroxyl groups excluding tert-OH is 1. The molecular weight excluding hydrogens is 532 g/mol. The summed E-state index contributed by atoms with van der Waals surface area (Å²) in [5.74, 6) is 1.40. The van der Waals surface area contributed by atoms with Crippen molar-refractivity contribution in [3.05, 3.63) is 86.6 Å². The Balaban J connectivity index is 1.77. The molecule has 0 atom stereocenters. The van der Waals surface area contributed by atoms with Gasteiger partial charge in [-0.05, 0) is 54.0 Å². The van der Waals surface area contributed by atoms with Crippen molar-refractivity contribution in [2.75, 3.05) is 12.3 Å². The summed E-state index contributed by atoms with van der Waals surface area (Å²) in [4.78, 5) is 34.6. The molecule has 0 radical (unpaired) electrons. The van der Waals surface area contributed by atoms with Crippen molar-refractivity contribution in [3.63, 3.8) is 0 Å². The Labute approximate surface area is 216 Å². The van der Waals surface area contributed by atoms with Crippen molar-refractivity contribution in [2.24, 2.45) is 0 Å². The topological polar surface area (TPSA) is 127 Å². The van der Waals surface area contributed by atoms with Crippen LogP contribution >= 0.6 is 27.7 Å². The number of nitrogen functional groups attached to an aromatic ring is 1. The number of para-hydroxylation sites is 2. The molecule has 0 unspecified atom stereocenters. The largest absolute Gasteiger partial charge is 0.455 e. The Morgan fingerprint density at radius 1 is 1.14 bits per heavy atom. The first kappa shape index (κ1) is 26.4. The molecule has 3 rings (SSSR count). The van der Waals surface area contributed by atoms with Gasteiger partial charge in [0.2, 0.25) is 11.0 Å². The number of hydrogen-bond donors (Lipinski definition) is 3. The number of rotatable bonds is 9. The maximum atomic E-state index is 13.2. The molecule has 4 N–H and O–H groups in total. The Morgan fingerprint density at radius 2 is 1.83 bits per heavy atom. The maximum Gasteiger partial charge on any atom is 0.247 e. The highest BCUT2D eigenvalue weighted by Gasteiger charge is 2.20. The molecule has 1 aromatic heterocycles. The van der Waals surface area contributed by atoms with Crippen LogP contribution in [0.5, 0.6) is 11.5 Å². The van der Waals surface area contributed by atoms with Crippen LogP contribution in [0.2, 0.25) is 0 Å². The predicted molar refractivity (Wildman–Crippen MR) is 140 cm³/mol. The number of amides is 1. The number of carbonyl (C=O) groups is 2. The zero-order valence-corrected chi connectivity index (χ0v) is 21.6. The van der Waals surface area contributed by atoms with E-state index in [4.69, 9.17) is 10.5 Å². The van der Waals surface area contributed by atoms with Crippen LogP contribution in [0.4, 0.5) is 5.82 Å². The molecule has 182 valence electrons. The molecule has 0 aliphatic rings. The lowest BCUT2D eigenvalue weighted by molar-refractivity contribution is -0.117. The summed E-state index contributed by atoms with van der Waals surface area (Å²) in [5.41, 5.74) is 7.15. The predicted octanol–water partition coefficient (Wildman–Crippen LogP) is 4.77. The standard InChI is InChI=1S/C25H25BrN4O4S/c1-15(24(32)29-14-17-13-28-16(2)30-23(17)27)22(11-12-31)35-25(33)18-7-3-5-9-20(18)34-21-10-6-4-8-19(21)26/h3-10,13,31H,11-12,14H2,1-2H3,(H,29,32)(H2,27,28,30)/b22-15-. The highest BCUT2D eigenvalue weighted by Crippen LogP contribution is 2.35. The summed E-state index contributed by atoms with van der Waals surface area (Å²) in [5, 5.41) is 12.0. The maximum absolute atomic E-state index is 13.2. The molecule has 3 aromatic rings. The van der Waals surface area contributed by atoms with E-state index in [1.807, 2.05) is 18.2 Å². The second-order valence-electron chi connectivity index (χ2n) is 7.45. The number of ether oxygens (including phenoxy) is 1. The highest BCUT2D eigenvalue weighted by molar-refractivity contribution is 9.10. The second-order valence-corrected chi connectivity index (χ2v) is 9.37. The smallest absolute Gasteiger partial charge is 0.247 e. The van der Waals surface area contributed by atoms with Gasteiger partial charge in [0.15, 0.2) is 0 Å². The molecular formula is C25H25BrN4O4S. The van der Waals surface area contributed by atoms with Crippen molar-refractivity contribution in [3.8, 4) is 11.5 Å². The van der Waals surface area contributed by atoms with Gasteiger partial charge in [-0.1, -0.05) is 36.0 Å². The van der Waals surface area contributed by atoms with Crippen LogP contribution in [0.15, 0.2) is 69.7 Å². The summed E-state index contributed by atoms with van der Waals surface area (Å²) < 4.78 is 6.72. The molecule has 0 fully saturated rings. The zero-order valence-electron chi connectivity index (χ0n) is 19.2. The van der Waals surface area contributed by atoms with Crippen molar-refractivity contribution in [2.45, 2.75) is 26.8 Å². The van der Waals surface area contributed by atoms with E-state index in [1.54, 1.807) is 50.4 Å². The van der Waals surface area contributed by atoms with Gasteiger partial charge in [0, 0.05) is 41.8 Å². The lowest BCUT2D eigenvalue weighted by atomic mass is 10.2. The van der Waals surface area contributed by atoms with E-state index in [0.29, 0.717) is 44.7 Å². The van der Waals surface area contributed by atoms with Gasteiger partial charge in [-0.3, -0.25) is 9.59 Å². The average Bonchev–Trinajstić information content (AvgIpc) is 2.84. The van der Waals surface area contributed by atoms with Crippen molar-refractivity contribution < 1.29 is 19.4 Å². The van der Waals surface area contributed by atoms with Crippen LogP contribution in [-0.2, 0) is 11.3 Å². The number of benzene rings is 2. The Bertz CT molecular complexity index is 1270. The second kappa shape index (κ2) is 12.5. The van der Waals surface area contributed by atoms with Gasteiger partial charge in [0.1, 0.15) is 23.1 Å². The summed E-state index contributed by atoms with van der Waals surface area (Å²) in [6.07, 6.45) is 1.71. The molecule has 0 aliphatic heterocycles. The summed E-state index contributed by atoms with van der Waals surface area (Å²) >= 11 is 4.33. The fraction of sp³-hybridized carbons (Fsp3) is 0.200. The van der Waals surface area contributed by atoms with Gasteiger partial charge < -0.3 is 20.9 Å². The molecule has 0 bridgehead atoms. The highest BCUT2D eigenvalue weighted by atomic mass is 79.9. The summed E-state index contributed by atoms with van der Waals surface area (Å²) in [6, 6.07) is 14.2. The Kier molecular flexibility index (Phi) is 9.41. The van der Waals surface area contributed by atoms with Crippen LogP contribution in [0.1, 0.15) is 35.1 Å². The fourth-order valence-electron chi connectivity index (χ4n) is 3.04. The lowest BCUT2D eigenvalue weighted by Gasteiger charge is -2.14. The monoisotopic (exact) mass is 556 g/mol. The number of aliphatic hydroxyl groups is 1. The molecule has 2 aromatic carbocycles. The number of thioether (sulfide) groups is 1. The van der Waals surface area contributed by atoms with Crippen LogP contribution in [0, 0.1) is 6.92 Å². The third-order valence-corrected chi connectivity index (χ3v) is 6.75. The number of nitrogens with two attached hydrogens (primary N) is 1. The van der Waals surface area contributed by atoms with Gasteiger partial charge in [0.25, 0.3) is 0 Å². The van der Waals surface area contributed by atoms with E-state index < -0.39 is 0 Å². The van der Waals surface area contributed by atoms with E-state index in [0.717, 1.165) is 16.2 Å². The van der Waals surface area contributed by atoms with Crippen LogP contribution in [0.3, 0.4) is 0 Å². The van der Waals surface area contributed by atoms with Gasteiger partial charge in [0.05, 0.1) is 10.0 Å². The first-order valence-electron chi connectivity index (χ1n) is 10.7. The van der Waals surface area contributed by atoms with E-state index in [-0.39, 0.29) is 30.6 Å². The van der Waals surface area contributed by atoms with Crippen molar-refractivity contribution in [1.82, 2.24) is 15.3 Å². The number of nitrogens with zero attached hydrogens (tertiary/aromatic N) is 2.